The first-order valence-corrected chi connectivity index (χ1v) is 18.3. The largest absolute Gasteiger partial charge is 0.478 e. The second kappa shape index (κ2) is 32.4. The molecule has 3 aromatic rings. The van der Waals surface area contributed by atoms with Crippen LogP contribution >= 0.6 is 0 Å². The number of aromatic carboxylic acids is 1. The predicted molar refractivity (Wildman–Crippen MR) is 208 cm³/mol. The maximum Gasteiger partial charge on any atom is 0.338 e. The maximum absolute atomic E-state index is 12.1. The van der Waals surface area contributed by atoms with E-state index in [0.29, 0.717) is 60.8 Å². The van der Waals surface area contributed by atoms with Gasteiger partial charge in [0.2, 0.25) is 0 Å². The normalized spacial score (nSPS) is 9.88. The molecule has 0 bridgehead atoms. The molecule has 0 aromatic heterocycles. The average Bonchev–Trinajstić information content (AvgIpc) is 3.24. The van der Waals surface area contributed by atoms with E-state index in [2.05, 4.69) is 4.74 Å². The summed E-state index contributed by atoms with van der Waals surface area (Å²) in [6, 6.07) is 17.4. The number of hydrogen-bond acceptors (Lipinski definition) is 15. The van der Waals surface area contributed by atoms with Gasteiger partial charge in [0, 0.05) is 26.4 Å². The number of carbonyl (C=O) groups excluding carboxylic acids is 5. The van der Waals surface area contributed by atoms with E-state index in [-0.39, 0.29) is 69.5 Å². The number of ether oxygens (including phenoxy) is 5. The van der Waals surface area contributed by atoms with E-state index >= 15 is 0 Å². The Bertz CT molecular complexity index is 1620. The number of benzene rings is 3. The number of carboxylic acids is 1. The van der Waals surface area contributed by atoms with Gasteiger partial charge in [-0.2, -0.15) is 0 Å². The number of unbranched alkanes of at least 4 members (excludes halogenated alkanes) is 4. The van der Waals surface area contributed by atoms with E-state index < -0.39 is 35.8 Å². The molecule has 17 nitrogen and oxygen atoms in total. The number of carbonyl (C=O) groups is 6. The second-order valence-electron chi connectivity index (χ2n) is 11.8. The van der Waals surface area contributed by atoms with E-state index in [1.165, 1.54) is 79.9 Å². The third kappa shape index (κ3) is 22.1. The summed E-state index contributed by atoms with van der Waals surface area (Å²) in [5.41, 5.74) is 1.71. The Morgan fingerprint density at radius 2 is 0.586 bits per heavy atom. The van der Waals surface area contributed by atoms with Crippen LogP contribution in [0.1, 0.15) is 114 Å². The highest BCUT2D eigenvalue weighted by molar-refractivity contribution is 5.94. The van der Waals surface area contributed by atoms with Crippen LogP contribution in [0.15, 0.2) is 72.8 Å². The topological polar surface area (TPSA) is 281 Å². The van der Waals surface area contributed by atoms with Crippen LogP contribution in [0, 0.1) is 0 Å². The highest BCUT2D eigenvalue weighted by atomic mass is 16.5. The molecule has 0 atom stereocenters. The fourth-order valence-electron chi connectivity index (χ4n) is 4.20. The van der Waals surface area contributed by atoms with Gasteiger partial charge in [0.1, 0.15) is 0 Å². The van der Waals surface area contributed by atoms with Crippen molar-refractivity contribution in [2.75, 3.05) is 60.0 Å². The summed E-state index contributed by atoms with van der Waals surface area (Å²) in [6.45, 7) is 1.29. The molecule has 0 unspecified atom stereocenters. The first-order chi connectivity index (χ1) is 27.5. The minimum absolute atomic E-state index is 0. The minimum Gasteiger partial charge on any atom is -0.478 e. The van der Waals surface area contributed by atoms with Crippen molar-refractivity contribution in [2.24, 2.45) is 0 Å². The molecule has 320 valence electrons. The molecular weight excluding hydrogens is 764 g/mol. The fourth-order valence-corrected chi connectivity index (χ4v) is 4.20. The van der Waals surface area contributed by atoms with E-state index in [9.17, 15) is 28.8 Å². The van der Waals surface area contributed by atoms with Crippen LogP contribution in [0.2, 0.25) is 0 Å². The van der Waals surface area contributed by atoms with Crippen molar-refractivity contribution >= 4 is 35.8 Å². The summed E-state index contributed by atoms with van der Waals surface area (Å²) in [6.07, 6.45) is 4.77. The monoisotopic (exact) mass is 818 g/mol. The zero-order valence-electron chi connectivity index (χ0n) is 32.5. The standard InChI is InChI=1S/C24H26O9.C13H16O5.C4H10O2.H2O/c25-13-1-2-14-31-23(29)19-9-11-20(12-10-19)24(30)33-16-4-3-15-32-22(28)18-7-5-17(6-8-18)21(26)27;1-17-12(15)10-4-6-11(7-5-10)13(16)18-9-3-2-8-14;5-3-1-2-4-6;/h5-12,25H,1-4,13-16H2,(H,26,27);4-7,14H,2-3,8-9H2,1H3;5-6H,1-4H2;1H2. The van der Waals surface area contributed by atoms with Gasteiger partial charge in [-0.25, -0.2) is 28.8 Å². The minimum atomic E-state index is -1.08. The molecule has 0 heterocycles. The molecule has 0 radical (unpaired) electrons. The zero-order valence-corrected chi connectivity index (χ0v) is 32.5. The zero-order chi connectivity index (χ0) is 42.3. The summed E-state index contributed by atoms with van der Waals surface area (Å²) in [4.78, 5) is 69.4. The third-order valence-corrected chi connectivity index (χ3v) is 7.41. The van der Waals surface area contributed by atoms with E-state index in [1.54, 1.807) is 0 Å². The van der Waals surface area contributed by atoms with E-state index in [4.69, 9.17) is 44.5 Å². The smallest absolute Gasteiger partial charge is 0.338 e. The van der Waals surface area contributed by atoms with Gasteiger partial charge in [0.05, 0.1) is 66.9 Å². The summed E-state index contributed by atoms with van der Waals surface area (Å²) in [5, 5.41) is 42.3. The number of hydrogen-bond donors (Lipinski definition) is 5. The molecule has 58 heavy (non-hydrogen) atoms. The summed E-state index contributed by atoms with van der Waals surface area (Å²) in [7, 11) is 1.30. The number of rotatable bonds is 22. The van der Waals surface area contributed by atoms with E-state index in [1.807, 2.05) is 0 Å². The van der Waals surface area contributed by atoms with Crippen LogP contribution in [-0.4, -0.2) is 127 Å². The van der Waals surface area contributed by atoms with Crippen LogP contribution in [-0.2, 0) is 23.7 Å². The predicted octanol–water partition coefficient (Wildman–Crippen LogP) is 3.44. The van der Waals surface area contributed by atoms with Gasteiger partial charge in [-0.1, -0.05) is 0 Å². The average molecular weight is 819 g/mol. The maximum atomic E-state index is 12.1. The lowest BCUT2D eigenvalue weighted by Crippen LogP contribution is -2.10. The molecule has 17 heteroatoms. The second-order valence-corrected chi connectivity index (χ2v) is 11.8. The Balaban J connectivity index is 0.00000109. The molecule has 0 saturated carbocycles. The lowest BCUT2D eigenvalue weighted by atomic mass is 10.1. The number of carboxylic acid groups (broad SMARTS) is 1. The lowest BCUT2D eigenvalue weighted by Gasteiger charge is -2.07. The number of esters is 5. The molecule has 3 rings (SSSR count). The highest BCUT2D eigenvalue weighted by Gasteiger charge is 2.13. The fraction of sp³-hybridized carbons (Fsp3) is 0.415. The highest BCUT2D eigenvalue weighted by Crippen LogP contribution is 2.11. The van der Waals surface area contributed by atoms with Gasteiger partial charge in [0.15, 0.2) is 0 Å². The molecule has 0 fully saturated rings. The van der Waals surface area contributed by atoms with Crippen molar-refractivity contribution in [2.45, 2.75) is 51.4 Å². The van der Waals surface area contributed by atoms with Gasteiger partial charge in [0.25, 0.3) is 0 Å². The molecule has 0 amide bonds. The Hall–Kier alpha value is -5.72. The molecule has 7 N–H and O–H groups in total. The quantitative estimate of drug-likeness (QED) is 0.0551. The van der Waals surface area contributed by atoms with Gasteiger partial charge in [-0.3, -0.25) is 0 Å². The summed E-state index contributed by atoms with van der Waals surface area (Å²) in [5.74, 6) is -3.56. The van der Waals surface area contributed by atoms with Crippen LogP contribution < -0.4 is 0 Å². The Morgan fingerprint density at radius 3 is 0.810 bits per heavy atom. The van der Waals surface area contributed by atoms with Crippen molar-refractivity contribution in [1.82, 2.24) is 0 Å². The van der Waals surface area contributed by atoms with Crippen LogP contribution in [0.4, 0.5) is 0 Å². The SMILES string of the molecule is COC(=O)c1ccc(C(=O)OCCCCO)cc1.O.O=C(O)c1ccc(C(=O)OCCCCOC(=O)c2ccc(C(=O)OCCCCO)cc2)cc1.OCCCCO. The molecule has 0 spiro atoms. The summed E-state index contributed by atoms with van der Waals surface area (Å²) < 4.78 is 24.9. The molecular formula is C41H54O17. The summed E-state index contributed by atoms with van der Waals surface area (Å²) >= 11 is 0. The molecule has 3 aromatic carbocycles. The van der Waals surface area contributed by atoms with Crippen molar-refractivity contribution < 1.29 is 83.5 Å². The lowest BCUT2D eigenvalue weighted by molar-refractivity contribution is 0.0432. The van der Waals surface area contributed by atoms with Gasteiger partial charge in [-0.15, -0.1) is 0 Å². The van der Waals surface area contributed by atoms with Crippen molar-refractivity contribution in [1.29, 1.82) is 0 Å². The number of aliphatic hydroxyl groups excluding tert-OH is 4. The number of methoxy groups -OCH3 is 1. The van der Waals surface area contributed by atoms with Crippen LogP contribution in [0.3, 0.4) is 0 Å². The van der Waals surface area contributed by atoms with Crippen LogP contribution in [0.25, 0.3) is 0 Å². The Kier molecular flexibility index (Phi) is 29.2. The van der Waals surface area contributed by atoms with E-state index in [0.717, 1.165) is 12.8 Å². The molecule has 0 aliphatic carbocycles. The van der Waals surface area contributed by atoms with Gasteiger partial charge >= 0.3 is 35.8 Å². The first-order valence-electron chi connectivity index (χ1n) is 18.3. The Labute approximate surface area is 336 Å². The molecule has 0 aliphatic rings. The third-order valence-electron chi connectivity index (χ3n) is 7.41. The molecule has 0 saturated heterocycles. The van der Waals surface area contributed by atoms with Gasteiger partial charge < -0.3 is 54.7 Å². The number of aliphatic hydroxyl groups is 4. The van der Waals surface area contributed by atoms with Crippen molar-refractivity contribution in [3.63, 3.8) is 0 Å². The Morgan fingerprint density at radius 1 is 0.379 bits per heavy atom. The molecule has 0 aliphatic heterocycles. The first kappa shape index (κ1) is 52.3. The van der Waals surface area contributed by atoms with Crippen LogP contribution in [0.5, 0.6) is 0 Å². The van der Waals surface area contributed by atoms with Gasteiger partial charge in [-0.05, 0) is 124 Å². The van der Waals surface area contributed by atoms with Crippen molar-refractivity contribution in [3.8, 4) is 0 Å². The van der Waals surface area contributed by atoms with Crippen molar-refractivity contribution in [3.05, 3.63) is 106 Å².